The second-order valence-electron chi connectivity index (χ2n) is 11.1. The molecule has 1 aliphatic heterocycles. The molecule has 7 nitrogen and oxygen atoms in total. The van der Waals surface area contributed by atoms with Gasteiger partial charge in [0.2, 0.25) is 0 Å². The number of fused-ring (bicyclic) bond motifs is 1. The molecule has 4 aromatic heterocycles. The van der Waals surface area contributed by atoms with Gasteiger partial charge in [-0.3, -0.25) is 0 Å². The van der Waals surface area contributed by atoms with Crippen LogP contribution < -0.4 is 0 Å². The SMILES string of the molecule is Cc1ccc(C(=O)OC[C@H]2O[C@@H](n3ccc4c(-c5ccc(-c6cccs6)s5)ccnc43)C[C@@H]2OC(=O)c2ccc(C)cc2)cc1. The van der Waals surface area contributed by atoms with Gasteiger partial charge in [-0.05, 0) is 73.8 Å². The van der Waals surface area contributed by atoms with Crippen molar-refractivity contribution in [1.82, 2.24) is 9.55 Å². The quantitative estimate of drug-likeness (QED) is 0.156. The van der Waals surface area contributed by atoms with Crippen LogP contribution in [0.15, 0.2) is 103 Å². The summed E-state index contributed by atoms with van der Waals surface area (Å²) in [4.78, 5) is 34.3. The Kier molecular flexibility index (Phi) is 8.06. The van der Waals surface area contributed by atoms with Crippen molar-refractivity contribution < 1.29 is 23.8 Å². The molecule has 5 heterocycles. The summed E-state index contributed by atoms with van der Waals surface area (Å²) in [5.41, 5.74) is 4.87. The van der Waals surface area contributed by atoms with Crippen LogP contribution >= 0.6 is 22.7 Å². The lowest BCUT2D eigenvalue weighted by Crippen LogP contribution is -2.32. The van der Waals surface area contributed by atoms with E-state index in [1.165, 1.54) is 9.75 Å². The van der Waals surface area contributed by atoms with E-state index in [1.54, 1.807) is 46.9 Å². The third kappa shape index (κ3) is 6.07. The summed E-state index contributed by atoms with van der Waals surface area (Å²) in [7, 11) is 0. The summed E-state index contributed by atoms with van der Waals surface area (Å²) in [5.74, 6) is -0.905. The monoisotopic (exact) mass is 634 g/mol. The van der Waals surface area contributed by atoms with Crippen molar-refractivity contribution in [2.75, 3.05) is 6.61 Å². The number of hydrogen-bond acceptors (Lipinski definition) is 8. The first-order chi connectivity index (χ1) is 21.9. The molecule has 0 spiro atoms. The fourth-order valence-corrected chi connectivity index (χ4v) is 7.39. The standard InChI is InChI=1S/C36H30N2O5S2/c1-22-5-9-24(10-6-22)35(39)41-21-29-28(43-36(40)25-11-7-23(2)8-12-25)20-33(42-29)38-18-16-27-26(15-17-37-34(27)38)30-13-14-32(45-30)31-4-3-19-44-31/h3-19,28-29,33H,20-21H2,1-2H3/t28-,29+,33+/m0/s1. The number of aromatic nitrogens is 2. The molecule has 0 aliphatic carbocycles. The van der Waals surface area contributed by atoms with Crippen molar-refractivity contribution >= 4 is 45.6 Å². The normalized spacial score (nSPS) is 17.9. The van der Waals surface area contributed by atoms with Crippen LogP contribution in [-0.2, 0) is 14.2 Å². The lowest BCUT2D eigenvalue weighted by Gasteiger charge is -2.19. The van der Waals surface area contributed by atoms with Crippen molar-refractivity contribution in [3.8, 4) is 20.2 Å². The first-order valence-corrected chi connectivity index (χ1v) is 16.4. The van der Waals surface area contributed by atoms with E-state index in [9.17, 15) is 9.59 Å². The second-order valence-corrected chi connectivity index (χ2v) is 13.1. The average Bonchev–Trinajstić information content (AvgIpc) is 3.87. The van der Waals surface area contributed by atoms with Gasteiger partial charge in [-0.1, -0.05) is 41.5 Å². The Morgan fingerprint density at radius 3 is 2.29 bits per heavy atom. The van der Waals surface area contributed by atoms with Gasteiger partial charge in [0.25, 0.3) is 0 Å². The largest absolute Gasteiger partial charge is 0.459 e. The summed E-state index contributed by atoms with van der Waals surface area (Å²) < 4.78 is 20.1. The van der Waals surface area contributed by atoms with E-state index in [0.717, 1.165) is 32.6 Å². The lowest BCUT2D eigenvalue weighted by molar-refractivity contribution is -0.0562. The van der Waals surface area contributed by atoms with Crippen molar-refractivity contribution in [2.24, 2.45) is 0 Å². The van der Waals surface area contributed by atoms with E-state index in [1.807, 2.05) is 67.2 Å². The molecule has 7 rings (SSSR count). The number of ether oxygens (including phenoxy) is 3. The summed E-state index contributed by atoms with van der Waals surface area (Å²) in [5, 5.41) is 3.09. The van der Waals surface area contributed by atoms with Crippen LogP contribution in [-0.4, -0.2) is 40.3 Å². The number of thiophene rings is 2. The van der Waals surface area contributed by atoms with Crippen LogP contribution in [0.4, 0.5) is 0 Å². The minimum atomic E-state index is -0.662. The topological polar surface area (TPSA) is 79.7 Å². The van der Waals surface area contributed by atoms with Crippen LogP contribution in [0.1, 0.15) is 44.5 Å². The van der Waals surface area contributed by atoms with Gasteiger partial charge in [-0.25, -0.2) is 14.6 Å². The maximum Gasteiger partial charge on any atom is 0.338 e. The zero-order valence-corrected chi connectivity index (χ0v) is 26.3. The zero-order chi connectivity index (χ0) is 30.9. The molecule has 0 saturated carbocycles. The van der Waals surface area contributed by atoms with Crippen LogP contribution in [0, 0.1) is 13.8 Å². The maximum atomic E-state index is 13.1. The zero-order valence-electron chi connectivity index (χ0n) is 24.7. The third-order valence-corrected chi connectivity index (χ3v) is 10.1. The molecule has 0 unspecified atom stereocenters. The van der Waals surface area contributed by atoms with Gasteiger partial charge < -0.3 is 18.8 Å². The number of aryl methyl sites for hydroxylation is 2. The Bertz CT molecular complexity index is 1960. The summed E-state index contributed by atoms with van der Waals surface area (Å²) >= 11 is 3.48. The highest BCUT2D eigenvalue weighted by Gasteiger charge is 2.40. The highest BCUT2D eigenvalue weighted by molar-refractivity contribution is 7.23. The minimum absolute atomic E-state index is 0.0619. The van der Waals surface area contributed by atoms with Gasteiger partial charge in [0, 0.05) is 44.4 Å². The number of pyridine rings is 1. The van der Waals surface area contributed by atoms with Gasteiger partial charge >= 0.3 is 11.9 Å². The van der Waals surface area contributed by atoms with Gasteiger partial charge in [-0.2, -0.15) is 0 Å². The van der Waals surface area contributed by atoms with Crippen LogP contribution in [0.3, 0.4) is 0 Å². The molecule has 0 radical (unpaired) electrons. The third-order valence-electron chi connectivity index (χ3n) is 7.95. The number of benzene rings is 2. The summed E-state index contributed by atoms with van der Waals surface area (Å²) in [6.45, 7) is 3.86. The molecule has 3 atom stereocenters. The van der Waals surface area contributed by atoms with E-state index in [-0.39, 0.29) is 6.61 Å². The number of hydrogen-bond donors (Lipinski definition) is 0. The highest BCUT2D eigenvalue weighted by Crippen LogP contribution is 2.40. The first kappa shape index (κ1) is 29.2. The van der Waals surface area contributed by atoms with E-state index < -0.39 is 30.4 Å². The van der Waals surface area contributed by atoms with Crippen molar-refractivity contribution in [1.29, 1.82) is 0 Å². The second kappa shape index (κ2) is 12.4. The molecule has 0 amide bonds. The van der Waals surface area contributed by atoms with E-state index in [4.69, 9.17) is 19.2 Å². The molecule has 1 saturated heterocycles. The smallest absolute Gasteiger partial charge is 0.338 e. The fraction of sp³-hybridized carbons (Fsp3) is 0.194. The fourth-order valence-electron chi connectivity index (χ4n) is 5.51. The molecule has 9 heteroatoms. The number of carbonyl (C=O) groups is 2. The molecule has 1 fully saturated rings. The molecular formula is C36H30N2O5S2. The molecule has 0 bridgehead atoms. The van der Waals surface area contributed by atoms with Crippen molar-refractivity contribution in [3.05, 3.63) is 125 Å². The predicted molar refractivity (Wildman–Crippen MR) is 177 cm³/mol. The average molecular weight is 635 g/mol. The summed E-state index contributed by atoms with van der Waals surface area (Å²) in [6, 6.07) is 27.0. The van der Waals surface area contributed by atoms with Gasteiger partial charge in [-0.15, -0.1) is 22.7 Å². The van der Waals surface area contributed by atoms with E-state index >= 15 is 0 Å². The Balaban J connectivity index is 1.14. The van der Waals surface area contributed by atoms with Crippen LogP contribution in [0.2, 0.25) is 0 Å². The molecule has 226 valence electrons. The van der Waals surface area contributed by atoms with Gasteiger partial charge in [0.05, 0.1) is 11.1 Å². The molecular weight excluding hydrogens is 605 g/mol. The molecule has 6 aromatic rings. The van der Waals surface area contributed by atoms with E-state index in [2.05, 4.69) is 29.6 Å². The van der Waals surface area contributed by atoms with E-state index in [0.29, 0.717) is 17.5 Å². The molecule has 0 N–H and O–H groups in total. The van der Waals surface area contributed by atoms with Crippen molar-refractivity contribution in [2.45, 2.75) is 38.7 Å². The molecule has 1 aliphatic rings. The van der Waals surface area contributed by atoms with Crippen LogP contribution in [0.25, 0.3) is 31.2 Å². The summed E-state index contributed by atoms with van der Waals surface area (Å²) in [6.07, 6.45) is 2.37. The van der Waals surface area contributed by atoms with Crippen molar-refractivity contribution in [3.63, 3.8) is 0 Å². The molecule has 2 aromatic carbocycles. The number of esters is 2. The number of carbonyl (C=O) groups excluding carboxylic acids is 2. The Morgan fingerprint density at radius 1 is 0.867 bits per heavy atom. The maximum absolute atomic E-state index is 13.1. The Hall–Kier alpha value is -4.57. The Morgan fingerprint density at radius 2 is 1.58 bits per heavy atom. The highest BCUT2D eigenvalue weighted by atomic mass is 32.1. The first-order valence-electron chi connectivity index (χ1n) is 14.7. The Labute approximate surface area is 268 Å². The minimum Gasteiger partial charge on any atom is -0.459 e. The molecule has 45 heavy (non-hydrogen) atoms. The van der Waals surface area contributed by atoms with Crippen LogP contribution in [0.5, 0.6) is 0 Å². The number of rotatable bonds is 8. The predicted octanol–water partition coefficient (Wildman–Crippen LogP) is 8.48. The van der Waals surface area contributed by atoms with Gasteiger partial charge in [0.1, 0.15) is 30.7 Å². The van der Waals surface area contributed by atoms with Gasteiger partial charge in [0.15, 0.2) is 0 Å². The lowest BCUT2D eigenvalue weighted by atomic mass is 10.1. The number of nitrogens with zero attached hydrogens (tertiary/aromatic N) is 2.